The van der Waals surface area contributed by atoms with Crippen LogP contribution in [-0.4, -0.2) is 26.6 Å². The molecule has 6 nitrogen and oxygen atoms in total. The van der Waals surface area contributed by atoms with Gasteiger partial charge >= 0.3 is 0 Å². The number of aromatic nitrogens is 1. The fourth-order valence-electron chi connectivity index (χ4n) is 3.49. The Bertz CT molecular complexity index is 1270. The first-order valence-electron chi connectivity index (χ1n) is 10.5. The summed E-state index contributed by atoms with van der Waals surface area (Å²) in [6, 6.07) is 22.3. The summed E-state index contributed by atoms with van der Waals surface area (Å²) in [5, 5.41) is 1.05. The lowest BCUT2D eigenvalue weighted by molar-refractivity contribution is 0.306. The van der Waals surface area contributed by atoms with Crippen molar-refractivity contribution < 1.29 is 17.9 Å². The number of benzene rings is 3. The first-order chi connectivity index (χ1) is 15.5. The zero-order valence-electron chi connectivity index (χ0n) is 17.9. The van der Waals surface area contributed by atoms with Crippen LogP contribution in [0.5, 0.6) is 11.5 Å². The second kappa shape index (κ2) is 9.89. The Kier molecular flexibility index (Phi) is 6.78. The summed E-state index contributed by atoms with van der Waals surface area (Å²) in [6.07, 6.45) is 2.48. The van der Waals surface area contributed by atoms with E-state index in [9.17, 15) is 8.42 Å². The van der Waals surface area contributed by atoms with E-state index in [1.807, 2.05) is 61.7 Å². The number of aromatic amines is 1. The third kappa shape index (κ3) is 5.30. The van der Waals surface area contributed by atoms with Crippen LogP contribution in [-0.2, 0) is 23.1 Å². The van der Waals surface area contributed by atoms with Crippen LogP contribution < -0.4 is 14.2 Å². The van der Waals surface area contributed by atoms with Crippen LogP contribution in [0.15, 0.2) is 83.9 Å². The van der Waals surface area contributed by atoms with E-state index in [4.69, 9.17) is 9.47 Å². The Morgan fingerprint density at radius 1 is 0.906 bits per heavy atom. The molecule has 0 saturated heterocycles. The fraction of sp³-hybridized carbons (Fsp3) is 0.200. The highest BCUT2D eigenvalue weighted by Gasteiger charge is 2.14. The van der Waals surface area contributed by atoms with Crippen LogP contribution in [0.3, 0.4) is 0 Å². The summed E-state index contributed by atoms with van der Waals surface area (Å²) in [4.78, 5) is 3.48. The lowest BCUT2D eigenvalue weighted by Crippen LogP contribution is -2.25. The Morgan fingerprint density at radius 3 is 2.41 bits per heavy atom. The van der Waals surface area contributed by atoms with Crippen LogP contribution in [0.4, 0.5) is 0 Å². The highest BCUT2D eigenvalue weighted by molar-refractivity contribution is 7.89. The first-order valence-corrected chi connectivity index (χ1v) is 12.0. The van der Waals surface area contributed by atoms with E-state index < -0.39 is 10.0 Å². The number of hydrogen-bond donors (Lipinski definition) is 2. The smallest absolute Gasteiger partial charge is 0.240 e. The number of nitrogens with one attached hydrogen (secondary N) is 2. The van der Waals surface area contributed by atoms with Crippen molar-refractivity contribution in [2.45, 2.75) is 24.8 Å². The SMILES string of the molecule is CCOc1ccc(S(=O)(=O)NCCc2c[nH]c3cc(OCc4ccccc4)ccc23)cc1. The summed E-state index contributed by atoms with van der Waals surface area (Å²) in [6.45, 7) is 3.23. The average Bonchev–Trinajstić information content (AvgIpc) is 3.21. The molecule has 2 N–H and O–H groups in total. The zero-order chi connectivity index (χ0) is 22.4. The van der Waals surface area contributed by atoms with Crippen LogP contribution in [0.1, 0.15) is 18.1 Å². The molecule has 3 aromatic carbocycles. The van der Waals surface area contributed by atoms with Gasteiger partial charge in [-0.25, -0.2) is 13.1 Å². The molecule has 7 heteroatoms. The van der Waals surface area contributed by atoms with Crippen molar-refractivity contribution in [1.29, 1.82) is 0 Å². The van der Waals surface area contributed by atoms with Crippen LogP contribution in [0.2, 0.25) is 0 Å². The predicted molar refractivity (Wildman–Crippen MR) is 126 cm³/mol. The van der Waals surface area contributed by atoms with Crippen molar-refractivity contribution in [1.82, 2.24) is 9.71 Å². The maximum atomic E-state index is 12.6. The summed E-state index contributed by atoms with van der Waals surface area (Å²) < 4.78 is 39.0. The minimum atomic E-state index is -3.57. The quantitative estimate of drug-likeness (QED) is 0.368. The highest BCUT2D eigenvalue weighted by atomic mass is 32.2. The van der Waals surface area contributed by atoms with Gasteiger partial charge < -0.3 is 14.5 Å². The van der Waals surface area contributed by atoms with Crippen LogP contribution in [0, 0.1) is 0 Å². The third-order valence-electron chi connectivity index (χ3n) is 5.12. The Balaban J connectivity index is 1.36. The van der Waals surface area contributed by atoms with Gasteiger partial charge in [0.2, 0.25) is 10.0 Å². The van der Waals surface area contributed by atoms with E-state index >= 15 is 0 Å². The lowest BCUT2D eigenvalue weighted by Gasteiger charge is -2.08. The average molecular weight is 451 g/mol. The number of ether oxygens (including phenoxy) is 2. The fourth-order valence-corrected chi connectivity index (χ4v) is 4.52. The van der Waals surface area contributed by atoms with Gasteiger partial charge in [0.1, 0.15) is 18.1 Å². The largest absolute Gasteiger partial charge is 0.494 e. The van der Waals surface area contributed by atoms with Crippen LogP contribution in [0.25, 0.3) is 10.9 Å². The molecule has 0 saturated carbocycles. The molecule has 0 aliphatic rings. The molecule has 4 rings (SSSR count). The normalized spacial score (nSPS) is 11.5. The molecule has 166 valence electrons. The molecule has 0 spiro atoms. The van der Waals surface area contributed by atoms with Crippen molar-refractivity contribution in [2.24, 2.45) is 0 Å². The van der Waals surface area contributed by atoms with E-state index in [2.05, 4.69) is 9.71 Å². The maximum Gasteiger partial charge on any atom is 0.240 e. The van der Waals surface area contributed by atoms with E-state index in [1.54, 1.807) is 24.3 Å². The molecule has 0 amide bonds. The highest BCUT2D eigenvalue weighted by Crippen LogP contribution is 2.24. The predicted octanol–water partition coefficient (Wildman–Crippen LogP) is 4.67. The van der Waals surface area contributed by atoms with Gasteiger partial charge in [0.15, 0.2) is 0 Å². The molecule has 0 radical (unpaired) electrons. The summed E-state index contributed by atoms with van der Waals surface area (Å²) in [5.74, 6) is 1.43. The van der Waals surface area contributed by atoms with Gasteiger partial charge in [-0.1, -0.05) is 30.3 Å². The monoisotopic (exact) mass is 450 g/mol. The Hall–Kier alpha value is -3.29. The summed E-state index contributed by atoms with van der Waals surface area (Å²) in [7, 11) is -3.57. The number of H-pyrrole nitrogens is 1. The van der Waals surface area contributed by atoms with Crippen molar-refractivity contribution in [3.05, 3.63) is 90.1 Å². The van der Waals surface area contributed by atoms with E-state index in [1.165, 1.54) is 0 Å². The van der Waals surface area contributed by atoms with Gasteiger partial charge in [0.05, 0.1) is 11.5 Å². The third-order valence-corrected chi connectivity index (χ3v) is 6.60. The molecule has 1 aromatic heterocycles. The van der Waals surface area contributed by atoms with Gasteiger partial charge in [0, 0.05) is 29.7 Å². The van der Waals surface area contributed by atoms with Crippen molar-refractivity contribution in [3.8, 4) is 11.5 Å². The zero-order valence-corrected chi connectivity index (χ0v) is 18.7. The molecule has 0 unspecified atom stereocenters. The minimum Gasteiger partial charge on any atom is -0.494 e. The second-order valence-corrected chi connectivity index (χ2v) is 9.11. The molecule has 0 bridgehead atoms. The Morgan fingerprint density at radius 2 is 1.66 bits per heavy atom. The molecule has 0 atom stereocenters. The second-order valence-electron chi connectivity index (χ2n) is 7.35. The van der Waals surface area contributed by atoms with Crippen molar-refractivity contribution >= 4 is 20.9 Å². The molecule has 4 aromatic rings. The molecular weight excluding hydrogens is 424 g/mol. The number of rotatable bonds is 10. The van der Waals surface area contributed by atoms with E-state index in [0.29, 0.717) is 31.9 Å². The first kappa shape index (κ1) is 21.9. The number of fused-ring (bicyclic) bond motifs is 1. The van der Waals surface area contributed by atoms with E-state index in [0.717, 1.165) is 27.8 Å². The van der Waals surface area contributed by atoms with Crippen LogP contribution >= 0.6 is 0 Å². The number of hydrogen-bond acceptors (Lipinski definition) is 4. The van der Waals surface area contributed by atoms with Crippen molar-refractivity contribution in [2.75, 3.05) is 13.2 Å². The van der Waals surface area contributed by atoms with E-state index in [-0.39, 0.29) is 4.90 Å². The van der Waals surface area contributed by atoms with Gasteiger partial charge in [-0.3, -0.25) is 0 Å². The Labute approximate surface area is 188 Å². The topological polar surface area (TPSA) is 80.4 Å². The van der Waals surface area contributed by atoms with Gasteiger partial charge in [0.25, 0.3) is 0 Å². The van der Waals surface area contributed by atoms with Crippen molar-refractivity contribution in [3.63, 3.8) is 0 Å². The molecule has 0 fully saturated rings. The van der Waals surface area contributed by atoms with Gasteiger partial charge in [-0.15, -0.1) is 0 Å². The molecular formula is C25H26N2O4S. The molecule has 0 aliphatic heterocycles. The standard InChI is InChI=1S/C25H26N2O4S/c1-2-30-21-8-11-23(12-9-21)32(28,29)27-15-14-20-17-26-25-16-22(10-13-24(20)25)31-18-19-6-4-3-5-7-19/h3-13,16-17,26-27H,2,14-15,18H2,1H3. The summed E-state index contributed by atoms with van der Waals surface area (Å²) in [5.41, 5.74) is 3.11. The summed E-state index contributed by atoms with van der Waals surface area (Å²) >= 11 is 0. The molecule has 0 aliphatic carbocycles. The minimum absolute atomic E-state index is 0.222. The maximum absolute atomic E-state index is 12.6. The van der Waals surface area contributed by atoms with Gasteiger partial charge in [-0.05, 0) is 60.9 Å². The van der Waals surface area contributed by atoms with Gasteiger partial charge in [-0.2, -0.15) is 0 Å². The molecule has 1 heterocycles. The lowest BCUT2D eigenvalue weighted by atomic mass is 10.1. The molecule has 32 heavy (non-hydrogen) atoms. The number of sulfonamides is 1.